The number of alkyl halides is 1. The molecule has 0 spiro atoms. The molecular formula is C28H36FN5O5S. The van der Waals surface area contributed by atoms with E-state index in [0.717, 1.165) is 42.3 Å². The first kappa shape index (κ1) is 28.4. The summed E-state index contributed by atoms with van der Waals surface area (Å²) in [6.07, 6.45) is 4.22. The number of piperidine rings is 1. The maximum Gasteiger partial charge on any atom is 0.283 e. The topological polar surface area (TPSA) is 116 Å². The van der Waals surface area contributed by atoms with Gasteiger partial charge in [0.25, 0.3) is 5.91 Å². The zero-order chi connectivity index (χ0) is 28.5. The van der Waals surface area contributed by atoms with E-state index in [1.807, 2.05) is 40.0 Å². The van der Waals surface area contributed by atoms with Crippen molar-refractivity contribution >= 4 is 32.7 Å². The summed E-state index contributed by atoms with van der Waals surface area (Å²) in [4.78, 5) is 19.6. The van der Waals surface area contributed by atoms with Crippen LogP contribution in [0.4, 0.5) is 10.1 Å². The van der Waals surface area contributed by atoms with Gasteiger partial charge in [0.1, 0.15) is 5.69 Å². The maximum absolute atomic E-state index is 16.4. The maximum atomic E-state index is 16.4. The molecule has 1 saturated heterocycles. The number of hydrogen-bond acceptors (Lipinski definition) is 8. The summed E-state index contributed by atoms with van der Waals surface area (Å²) in [5.41, 5.74) is 0.966. The molecule has 3 heterocycles. The van der Waals surface area contributed by atoms with Crippen LogP contribution in [0.15, 0.2) is 36.4 Å². The van der Waals surface area contributed by atoms with Crippen molar-refractivity contribution in [3.05, 3.63) is 47.8 Å². The summed E-state index contributed by atoms with van der Waals surface area (Å²) >= 11 is 0. The number of hydrogen-bond donors (Lipinski definition) is 1. The number of ether oxygens (including phenoxy) is 2. The second-order valence-corrected chi connectivity index (χ2v) is 12.5. The van der Waals surface area contributed by atoms with Gasteiger partial charge in [-0.25, -0.2) is 27.2 Å². The fourth-order valence-corrected chi connectivity index (χ4v) is 5.90. The molecule has 1 aromatic carbocycles. The smallest absolute Gasteiger partial charge is 0.283 e. The molecule has 5 rings (SSSR count). The number of rotatable bonds is 10. The average Bonchev–Trinajstić information content (AvgIpc) is 3.26. The Morgan fingerprint density at radius 1 is 1.23 bits per heavy atom. The highest BCUT2D eigenvalue weighted by atomic mass is 32.2. The van der Waals surface area contributed by atoms with Gasteiger partial charge in [0, 0.05) is 19.6 Å². The summed E-state index contributed by atoms with van der Waals surface area (Å²) < 4.78 is 54.8. The summed E-state index contributed by atoms with van der Waals surface area (Å²) in [6, 6.07) is 11.0. The third kappa shape index (κ3) is 5.84. The van der Waals surface area contributed by atoms with E-state index in [-0.39, 0.29) is 24.8 Å². The van der Waals surface area contributed by atoms with Crippen molar-refractivity contribution in [3.63, 3.8) is 0 Å². The second kappa shape index (κ2) is 11.4. The van der Waals surface area contributed by atoms with Crippen molar-refractivity contribution in [2.45, 2.75) is 56.7 Å². The van der Waals surface area contributed by atoms with Gasteiger partial charge < -0.3 is 14.4 Å². The summed E-state index contributed by atoms with van der Waals surface area (Å²) in [7, 11) is -2.26. The van der Waals surface area contributed by atoms with Gasteiger partial charge in [0.15, 0.2) is 11.3 Å². The number of carbonyl (C=O) groups is 1. The van der Waals surface area contributed by atoms with Crippen LogP contribution in [-0.4, -0.2) is 80.5 Å². The molecule has 2 unspecified atom stereocenters. The number of carbonyl (C=O) groups excluding carboxylic acids is 1. The number of fused-ring (bicyclic) bond motifs is 1. The number of para-hydroxylation sites is 1. The molecule has 0 bridgehead atoms. The lowest BCUT2D eigenvalue weighted by molar-refractivity contribution is -0.0681. The van der Waals surface area contributed by atoms with Gasteiger partial charge in [-0.2, -0.15) is 5.10 Å². The summed E-state index contributed by atoms with van der Waals surface area (Å²) in [6.45, 7) is 3.00. The number of halogens is 1. The van der Waals surface area contributed by atoms with E-state index in [0.29, 0.717) is 37.3 Å². The molecule has 1 N–H and O–H groups in total. The lowest BCUT2D eigenvalue weighted by Crippen LogP contribution is -2.52. The minimum absolute atomic E-state index is 0.0496. The molecule has 2 fully saturated rings. The number of benzene rings is 1. The Morgan fingerprint density at radius 3 is 2.62 bits per heavy atom. The van der Waals surface area contributed by atoms with Crippen LogP contribution >= 0.6 is 0 Å². The number of methoxy groups -OCH3 is 1. The van der Waals surface area contributed by atoms with Crippen molar-refractivity contribution in [2.24, 2.45) is 0 Å². The first-order chi connectivity index (χ1) is 19.1. The fraction of sp³-hybridized carbons (Fsp3) is 0.536. The average molecular weight is 574 g/mol. The molecule has 40 heavy (non-hydrogen) atoms. The van der Waals surface area contributed by atoms with Gasteiger partial charge in [-0.3, -0.25) is 4.79 Å². The van der Waals surface area contributed by atoms with E-state index in [2.05, 4.69) is 4.98 Å². The third-order valence-corrected chi connectivity index (χ3v) is 8.40. The molecule has 0 radical (unpaired) electrons. The predicted molar refractivity (Wildman–Crippen MR) is 150 cm³/mol. The highest BCUT2D eigenvalue weighted by Crippen LogP contribution is 2.44. The minimum Gasteiger partial charge on any atom is -0.382 e. The molecule has 12 heteroatoms. The summed E-state index contributed by atoms with van der Waals surface area (Å²) in [5, 5.41) is 5.74. The number of nitrogens with zero attached hydrogens (tertiary/aromatic N) is 4. The molecule has 1 aliphatic carbocycles. The van der Waals surface area contributed by atoms with Crippen LogP contribution in [0.5, 0.6) is 0 Å². The molecule has 1 aliphatic heterocycles. The molecule has 2 aromatic heterocycles. The molecule has 216 valence electrons. The number of sulfonamides is 1. The van der Waals surface area contributed by atoms with Crippen LogP contribution in [0.2, 0.25) is 0 Å². The van der Waals surface area contributed by atoms with Crippen LogP contribution in [0.1, 0.15) is 61.1 Å². The van der Waals surface area contributed by atoms with Gasteiger partial charge in [0.05, 0.1) is 54.6 Å². The van der Waals surface area contributed by atoms with Crippen molar-refractivity contribution in [3.8, 4) is 5.69 Å². The van der Waals surface area contributed by atoms with Gasteiger partial charge in [-0.15, -0.1) is 0 Å². The first-order valence-electron chi connectivity index (χ1n) is 13.7. The van der Waals surface area contributed by atoms with Gasteiger partial charge >= 0.3 is 0 Å². The molecule has 10 nitrogen and oxygen atoms in total. The van der Waals surface area contributed by atoms with Crippen molar-refractivity contribution in [1.82, 2.24) is 19.5 Å². The lowest BCUT2D eigenvalue weighted by atomic mass is 9.81. The van der Waals surface area contributed by atoms with Crippen LogP contribution in [0, 0.1) is 0 Å². The predicted octanol–water partition coefficient (Wildman–Crippen LogP) is 3.74. The number of pyridine rings is 1. The SMILES string of the molecule is COCCOC(C)C1(F)CCCN(c2cc(C(=O)NS(C)(=O)=O)nc3c2c(C2CCC2)nn3-c2ccccc2)C1. The van der Waals surface area contributed by atoms with E-state index in [9.17, 15) is 13.2 Å². The number of anilines is 1. The van der Waals surface area contributed by atoms with Crippen LogP contribution < -0.4 is 9.62 Å². The van der Waals surface area contributed by atoms with Crippen LogP contribution in [0.3, 0.4) is 0 Å². The number of nitrogens with one attached hydrogen (secondary N) is 1. The Morgan fingerprint density at radius 2 is 1.98 bits per heavy atom. The molecular weight excluding hydrogens is 537 g/mol. The van der Waals surface area contributed by atoms with Crippen molar-refractivity contribution < 1.29 is 27.1 Å². The minimum atomic E-state index is -3.83. The summed E-state index contributed by atoms with van der Waals surface area (Å²) in [5.74, 6) is -0.628. The zero-order valence-corrected chi connectivity index (χ0v) is 23.9. The molecule has 1 saturated carbocycles. The Bertz CT molecular complexity index is 1480. The molecule has 1 amide bonds. The van der Waals surface area contributed by atoms with E-state index >= 15 is 4.39 Å². The van der Waals surface area contributed by atoms with Gasteiger partial charge in [-0.1, -0.05) is 24.6 Å². The van der Waals surface area contributed by atoms with Crippen molar-refractivity contribution in [1.29, 1.82) is 0 Å². The van der Waals surface area contributed by atoms with Crippen LogP contribution in [-0.2, 0) is 19.5 Å². The van der Waals surface area contributed by atoms with E-state index in [1.165, 1.54) is 0 Å². The van der Waals surface area contributed by atoms with E-state index < -0.39 is 27.7 Å². The highest BCUT2D eigenvalue weighted by Gasteiger charge is 2.42. The monoisotopic (exact) mass is 573 g/mol. The lowest BCUT2D eigenvalue weighted by Gasteiger charge is -2.42. The van der Waals surface area contributed by atoms with Crippen LogP contribution in [0.25, 0.3) is 16.7 Å². The van der Waals surface area contributed by atoms with E-state index in [1.54, 1.807) is 24.8 Å². The zero-order valence-electron chi connectivity index (χ0n) is 23.1. The Kier molecular flexibility index (Phi) is 8.12. The second-order valence-electron chi connectivity index (χ2n) is 10.8. The van der Waals surface area contributed by atoms with Gasteiger partial charge in [0.2, 0.25) is 10.0 Å². The number of amides is 1. The molecule has 2 atom stereocenters. The third-order valence-electron chi connectivity index (χ3n) is 7.85. The van der Waals surface area contributed by atoms with E-state index in [4.69, 9.17) is 14.6 Å². The highest BCUT2D eigenvalue weighted by molar-refractivity contribution is 7.89. The Hall–Kier alpha value is -3.09. The number of aromatic nitrogens is 3. The Balaban J connectivity index is 1.65. The standard InChI is InChI=1S/C28H36FN5O5S/c1-19(39-16-15-38-2)28(29)13-8-14-33(18-28)23-17-22(27(35)32-40(3,36)37)30-26-24(23)25(20-9-7-10-20)31-34(26)21-11-5-4-6-12-21/h4-6,11-12,17,19-20H,7-10,13-16,18H2,1-3H3,(H,32,35). The first-order valence-corrected chi connectivity index (χ1v) is 15.5. The largest absolute Gasteiger partial charge is 0.382 e. The van der Waals surface area contributed by atoms with Gasteiger partial charge in [-0.05, 0) is 50.8 Å². The van der Waals surface area contributed by atoms with Crippen molar-refractivity contribution in [2.75, 3.05) is 44.6 Å². The Labute approximate surface area is 233 Å². The molecule has 3 aromatic rings. The fourth-order valence-electron chi connectivity index (χ4n) is 5.46. The molecule has 2 aliphatic rings. The quantitative estimate of drug-likeness (QED) is 0.365. The normalized spacial score (nSPS) is 20.9.